The molecule has 0 bridgehead atoms. The van der Waals surface area contributed by atoms with Gasteiger partial charge in [0.1, 0.15) is 5.02 Å². The van der Waals surface area contributed by atoms with E-state index in [9.17, 15) is 9.59 Å². The highest BCUT2D eigenvalue weighted by Gasteiger charge is 2.11. The van der Waals surface area contributed by atoms with Crippen LogP contribution in [0, 0.1) is 0 Å². The van der Waals surface area contributed by atoms with Crippen LogP contribution >= 0.6 is 11.6 Å². The van der Waals surface area contributed by atoms with Crippen LogP contribution < -0.4 is 10.5 Å². The molecule has 0 radical (unpaired) electrons. The van der Waals surface area contributed by atoms with E-state index in [1.807, 2.05) is 0 Å². The number of halogens is 1. The molecule has 1 aromatic heterocycles. The van der Waals surface area contributed by atoms with Crippen molar-refractivity contribution in [1.82, 2.24) is 9.97 Å². The summed E-state index contributed by atoms with van der Waals surface area (Å²) in [5, 5.41) is 0.0491. The maximum Gasteiger partial charge on any atom is 0.305 e. The lowest BCUT2D eigenvalue weighted by atomic mass is 10.3. The molecule has 0 aromatic carbocycles. The third-order valence-electron chi connectivity index (χ3n) is 2.24. The van der Waals surface area contributed by atoms with Crippen molar-refractivity contribution in [3.8, 4) is 0 Å². The molecule has 0 fully saturated rings. The average molecular weight is 260 g/mol. The summed E-state index contributed by atoms with van der Waals surface area (Å²) in [6, 6.07) is 0. The third-order valence-corrected chi connectivity index (χ3v) is 2.58. The predicted octanol–water partition coefficient (Wildman–Crippen LogP) is 0.813. The summed E-state index contributed by atoms with van der Waals surface area (Å²) in [6.07, 6.45) is 2.22. The van der Waals surface area contributed by atoms with Gasteiger partial charge in [-0.2, -0.15) is 0 Å². The molecule has 0 spiro atoms. The van der Waals surface area contributed by atoms with Crippen molar-refractivity contribution in [2.45, 2.75) is 12.8 Å². The van der Waals surface area contributed by atoms with E-state index in [2.05, 4.69) is 14.7 Å². The number of carbonyl (C=O) groups excluding carboxylic acids is 1. The molecule has 0 amide bonds. The van der Waals surface area contributed by atoms with E-state index in [1.54, 1.807) is 11.9 Å². The molecule has 0 aliphatic carbocycles. The quantitative estimate of drug-likeness (QED) is 0.792. The molecule has 0 atom stereocenters. The van der Waals surface area contributed by atoms with E-state index in [4.69, 9.17) is 11.6 Å². The van der Waals surface area contributed by atoms with E-state index < -0.39 is 0 Å². The molecule has 0 aliphatic rings. The van der Waals surface area contributed by atoms with Crippen LogP contribution in [0.2, 0.25) is 5.02 Å². The Morgan fingerprint density at radius 2 is 2.35 bits per heavy atom. The number of nitrogens with zero attached hydrogens (tertiary/aromatic N) is 2. The lowest BCUT2D eigenvalue weighted by Crippen LogP contribution is -2.23. The van der Waals surface area contributed by atoms with Gasteiger partial charge in [-0.15, -0.1) is 0 Å². The average Bonchev–Trinajstić information content (AvgIpc) is 2.32. The number of hydrogen-bond donors (Lipinski definition) is 1. The number of carbonyl (C=O) groups is 1. The van der Waals surface area contributed by atoms with Gasteiger partial charge in [-0.1, -0.05) is 11.6 Å². The van der Waals surface area contributed by atoms with Crippen molar-refractivity contribution in [2.24, 2.45) is 0 Å². The Hall–Kier alpha value is -1.56. The summed E-state index contributed by atoms with van der Waals surface area (Å²) in [5.74, 6) is 0.142. The largest absolute Gasteiger partial charge is 0.469 e. The summed E-state index contributed by atoms with van der Waals surface area (Å²) in [6.45, 7) is 0.561. The summed E-state index contributed by atoms with van der Waals surface area (Å²) in [4.78, 5) is 30.2. The number of nitrogens with one attached hydrogen (secondary N) is 1. The van der Waals surface area contributed by atoms with Crippen molar-refractivity contribution < 1.29 is 9.53 Å². The zero-order valence-corrected chi connectivity index (χ0v) is 10.5. The first-order valence-corrected chi connectivity index (χ1v) is 5.45. The lowest BCUT2D eigenvalue weighted by molar-refractivity contribution is -0.140. The van der Waals surface area contributed by atoms with E-state index in [0.29, 0.717) is 25.2 Å². The number of hydrogen-bond acceptors (Lipinski definition) is 5. The Kier molecular flexibility index (Phi) is 4.96. The standard InChI is InChI=1S/C10H14ClN3O3/c1-14(5-3-4-7(15)17-2)9-8(11)10(16)13-6-12-9/h6H,3-5H2,1-2H3,(H,12,13,16). The van der Waals surface area contributed by atoms with Crippen LogP contribution in [0.3, 0.4) is 0 Å². The van der Waals surface area contributed by atoms with E-state index in [0.717, 1.165) is 0 Å². The Morgan fingerprint density at radius 3 is 3.00 bits per heavy atom. The number of aromatic amines is 1. The van der Waals surface area contributed by atoms with Gasteiger partial charge >= 0.3 is 5.97 Å². The van der Waals surface area contributed by atoms with E-state index in [-0.39, 0.29) is 16.6 Å². The molecule has 1 N–H and O–H groups in total. The van der Waals surface area contributed by atoms with Gasteiger partial charge in [-0.3, -0.25) is 9.59 Å². The van der Waals surface area contributed by atoms with Crippen LogP contribution in [0.25, 0.3) is 0 Å². The van der Waals surface area contributed by atoms with Gasteiger partial charge in [-0.05, 0) is 6.42 Å². The smallest absolute Gasteiger partial charge is 0.305 e. The maximum atomic E-state index is 11.2. The van der Waals surface area contributed by atoms with Crippen molar-refractivity contribution in [1.29, 1.82) is 0 Å². The van der Waals surface area contributed by atoms with E-state index in [1.165, 1.54) is 13.4 Å². The van der Waals surface area contributed by atoms with Crippen molar-refractivity contribution in [2.75, 3.05) is 25.6 Å². The highest BCUT2D eigenvalue weighted by molar-refractivity contribution is 6.32. The molecule has 0 aliphatic heterocycles. The van der Waals surface area contributed by atoms with Crippen LogP contribution in [0.4, 0.5) is 5.82 Å². The van der Waals surface area contributed by atoms with Crippen LogP contribution in [0.15, 0.2) is 11.1 Å². The number of methoxy groups -OCH3 is 1. The normalized spacial score (nSPS) is 10.1. The zero-order valence-electron chi connectivity index (χ0n) is 9.70. The highest BCUT2D eigenvalue weighted by Crippen LogP contribution is 2.16. The summed E-state index contributed by atoms with van der Waals surface area (Å²) in [7, 11) is 3.10. The maximum absolute atomic E-state index is 11.2. The van der Waals surface area contributed by atoms with Crippen LogP contribution in [-0.2, 0) is 9.53 Å². The third kappa shape index (κ3) is 3.74. The fourth-order valence-electron chi connectivity index (χ4n) is 1.31. The molecule has 17 heavy (non-hydrogen) atoms. The molecule has 1 aromatic rings. The molecule has 6 nitrogen and oxygen atoms in total. The van der Waals surface area contributed by atoms with Gasteiger partial charge in [0.05, 0.1) is 13.4 Å². The molecular weight excluding hydrogens is 246 g/mol. The summed E-state index contributed by atoms with van der Waals surface area (Å²) < 4.78 is 4.53. The van der Waals surface area contributed by atoms with Crippen molar-refractivity contribution in [3.05, 3.63) is 21.7 Å². The van der Waals surface area contributed by atoms with Crippen molar-refractivity contribution in [3.63, 3.8) is 0 Å². The van der Waals surface area contributed by atoms with Gasteiger partial charge < -0.3 is 14.6 Å². The summed E-state index contributed by atoms with van der Waals surface area (Å²) in [5.41, 5.74) is -0.378. The highest BCUT2D eigenvalue weighted by atomic mass is 35.5. The number of ether oxygens (including phenoxy) is 1. The van der Waals surface area contributed by atoms with Gasteiger partial charge in [0.2, 0.25) is 0 Å². The Labute approximate surface area is 104 Å². The second-order valence-corrected chi connectivity index (χ2v) is 3.85. The number of aromatic nitrogens is 2. The molecular formula is C10H14ClN3O3. The lowest BCUT2D eigenvalue weighted by Gasteiger charge is -2.18. The second-order valence-electron chi connectivity index (χ2n) is 3.47. The first-order chi connectivity index (χ1) is 8.06. The molecule has 7 heteroatoms. The minimum atomic E-state index is -0.378. The minimum absolute atomic E-state index is 0.0491. The predicted molar refractivity (Wildman–Crippen MR) is 64.4 cm³/mol. The number of anilines is 1. The van der Waals surface area contributed by atoms with Gasteiger partial charge in [0.25, 0.3) is 5.56 Å². The molecule has 0 unspecified atom stereocenters. The Morgan fingerprint density at radius 1 is 1.65 bits per heavy atom. The zero-order chi connectivity index (χ0) is 12.8. The SMILES string of the molecule is COC(=O)CCCN(C)c1nc[nH]c(=O)c1Cl. The van der Waals surface area contributed by atoms with Gasteiger partial charge in [-0.25, -0.2) is 4.98 Å². The Balaban J connectivity index is 2.58. The molecule has 1 heterocycles. The van der Waals surface area contributed by atoms with Crippen LogP contribution in [-0.4, -0.2) is 36.6 Å². The van der Waals surface area contributed by atoms with Crippen LogP contribution in [0.5, 0.6) is 0 Å². The molecule has 94 valence electrons. The first-order valence-electron chi connectivity index (χ1n) is 5.07. The fraction of sp³-hybridized carbons (Fsp3) is 0.500. The topological polar surface area (TPSA) is 75.3 Å². The molecule has 0 saturated heterocycles. The van der Waals surface area contributed by atoms with Crippen LogP contribution in [0.1, 0.15) is 12.8 Å². The van der Waals surface area contributed by atoms with Gasteiger partial charge in [0, 0.05) is 20.0 Å². The second kappa shape index (κ2) is 6.24. The van der Waals surface area contributed by atoms with E-state index >= 15 is 0 Å². The first kappa shape index (κ1) is 13.5. The minimum Gasteiger partial charge on any atom is -0.469 e. The monoisotopic (exact) mass is 259 g/mol. The van der Waals surface area contributed by atoms with Crippen molar-refractivity contribution >= 4 is 23.4 Å². The fourth-order valence-corrected chi connectivity index (χ4v) is 1.56. The number of esters is 1. The number of H-pyrrole nitrogens is 1. The number of rotatable bonds is 5. The van der Waals surface area contributed by atoms with Gasteiger partial charge in [0.15, 0.2) is 5.82 Å². The molecule has 1 rings (SSSR count). The Bertz CT molecular complexity index is 447. The summed E-state index contributed by atoms with van der Waals surface area (Å²) >= 11 is 5.82. The molecule has 0 saturated carbocycles.